The average molecular weight is 447 g/mol. The lowest BCUT2D eigenvalue weighted by atomic mass is 9.89. The van der Waals surface area contributed by atoms with Crippen molar-refractivity contribution in [2.24, 2.45) is 0 Å². The molecule has 6 nitrogen and oxygen atoms in total. The number of hydrogen-bond donors (Lipinski definition) is 1. The second kappa shape index (κ2) is 7.94. The zero-order chi connectivity index (χ0) is 21.7. The molecule has 0 atom stereocenters. The molecule has 5 aromatic rings. The third-order valence-electron chi connectivity index (χ3n) is 7.02. The summed E-state index contributed by atoms with van der Waals surface area (Å²) in [4.78, 5) is 6.05. The number of hydrogen-bond acceptors (Lipinski definition) is 3. The number of aromatic amines is 1. The zero-order valence-electron chi connectivity index (χ0n) is 18.3. The van der Waals surface area contributed by atoms with Crippen LogP contribution in [0.2, 0.25) is 5.02 Å². The Hall–Kier alpha value is -2.83. The minimum Gasteiger partial charge on any atom is -0.361 e. The van der Waals surface area contributed by atoms with Gasteiger partial charge in [-0.15, -0.1) is 10.2 Å². The highest BCUT2D eigenvalue weighted by atomic mass is 35.5. The average Bonchev–Trinajstić information content (AvgIpc) is 3.49. The van der Waals surface area contributed by atoms with Gasteiger partial charge in [0, 0.05) is 28.7 Å². The molecule has 2 aromatic carbocycles. The molecule has 7 heteroatoms. The number of rotatable bonds is 5. The van der Waals surface area contributed by atoms with Crippen molar-refractivity contribution in [3.63, 3.8) is 0 Å². The second-order valence-electron chi connectivity index (χ2n) is 8.93. The number of halogens is 1. The number of benzene rings is 2. The molecular weight excluding hydrogens is 420 g/mol. The molecule has 1 saturated heterocycles. The fourth-order valence-corrected chi connectivity index (χ4v) is 5.56. The van der Waals surface area contributed by atoms with Crippen LogP contribution < -0.4 is 0 Å². The Balaban J connectivity index is 1.12. The van der Waals surface area contributed by atoms with E-state index in [-0.39, 0.29) is 0 Å². The number of imidazole rings is 1. The highest BCUT2D eigenvalue weighted by Gasteiger charge is 2.23. The van der Waals surface area contributed by atoms with Gasteiger partial charge < -0.3 is 14.5 Å². The topological polar surface area (TPSA) is 54.2 Å². The minimum atomic E-state index is 0.650. The monoisotopic (exact) mass is 446 g/mol. The van der Waals surface area contributed by atoms with Gasteiger partial charge in [-0.25, -0.2) is 0 Å². The number of nitrogens with one attached hydrogen (secondary N) is 1. The van der Waals surface area contributed by atoms with Gasteiger partial charge in [0.25, 0.3) is 0 Å². The van der Waals surface area contributed by atoms with E-state index in [0.717, 1.165) is 60.3 Å². The van der Waals surface area contributed by atoms with Crippen molar-refractivity contribution in [3.8, 4) is 0 Å². The van der Waals surface area contributed by atoms with E-state index in [1.807, 2.05) is 19.1 Å². The van der Waals surface area contributed by atoms with Gasteiger partial charge in [0.2, 0.25) is 5.78 Å². The van der Waals surface area contributed by atoms with Gasteiger partial charge in [-0.2, -0.15) is 0 Å². The van der Waals surface area contributed by atoms with Crippen LogP contribution in [0.5, 0.6) is 0 Å². The van der Waals surface area contributed by atoms with Gasteiger partial charge in [0.15, 0.2) is 0 Å². The molecule has 164 valence electrons. The molecule has 0 saturated carbocycles. The van der Waals surface area contributed by atoms with Crippen molar-refractivity contribution >= 4 is 39.3 Å². The van der Waals surface area contributed by atoms with Gasteiger partial charge in [0.1, 0.15) is 5.82 Å². The van der Waals surface area contributed by atoms with Crippen LogP contribution in [0.3, 0.4) is 0 Å². The number of H-pyrrole nitrogens is 1. The minimum absolute atomic E-state index is 0.650. The second-order valence-corrected chi connectivity index (χ2v) is 9.36. The van der Waals surface area contributed by atoms with E-state index in [4.69, 9.17) is 11.6 Å². The Bertz CT molecular complexity index is 1400. The van der Waals surface area contributed by atoms with Crippen LogP contribution in [0.4, 0.5) is 0 Å². The van der Waals surface area contributed by atoms with E-state index < -0.39 is 0 Å². The van der Waals surface area contributed by atoms with E-state index in [2.05, 4.69) is 65.6 Å². The molecule has 32 heavy (non-hydrogen) atoms. The number of para-hydroxylation sites is 1. The lowest BCUT2D eigenvalue weighted by molar-refractivity contribution is 0.208. The summed E-state index contributed by atoms with van der Waals surface area (Å²) in [6.45, 7) is 6.31. The summed E-state index contributed by atoms with van der Waals surface area (Å²) >= 11 is 6.30. The molecule has 6 rings (SSSR count). The lowest BCUT2D eigenvalue weighted by Crippen LogP contribution is -2.34. The summed E-state index contributed by atoms with van der Waals surface area (Å²) in [6.07, 6.45) is 5.74. The third-order valence-corrected chi connectivity index (χ3v) is 7.26. The highest BCUT2D eigenvalue weighted by molar-refractivity contribution is 6.31. The van der Waals surface area contributed by atoms with E-state index in [0.29, 0.717) is 5.92 Å². The zero-order valence-corrected chi connectivity index (χ0v) is 19.0. The number of aromatic nitrogens is 5. The van der Waals surface area contributed by atoms with Crippen molar-refractivity contribution in [2.45, 2.75) is 38.6 Å². The molecule has 0 amide bonds. The van der Waals surface area contributed by atoms with Crippen LogP contribution >= 0.6 is 11.6 Å². The molecule has 0 bridgehead atoms. The summed E-state index contributed by atoms with van der Waals surface area (Å²) < 4.78 is 4.39. The Labute approximate surface area is 191 Å². The number of aryl methyl sites for hydroxylation is 2. The largest absolute Gasteiger partial charge is 0.361 e. The summed E-state index contributed by atoms with van der Waals surface area (Å²) in [7, 11) is 0. The molecule has 0 spiro atoms. The highest BCUT2D eigenvalue weighted by Crippen LogP contribution is 2.33. The van der Waals surface area contributed by atoms with Gasteiger partial charge in [-0.05, 0) is 81.6 Å². The summed E-state index contributed by atoms with van der Waals surface area (Å²) in [5.74, 6) is 2.46. The quantitative estimate of drug-likeness (QED) is 0.393. The van der Waals surface area contributed by atoms with Crippen molar-refractivity contribution in [1.82, 2.24) is 29.0 Å². The molecule has 1 aliphatic rings. The van der Waals surface area contributed by atoms with Crippen molar-refractivity contribution in [1.29, 1.82) is 0 Å². The normalized spacial score (nSPS) is 16.1. The molecular formula is C25H27ClN6. The Morgan fingerprint density at radius 2 is 1.88 bits per heavy atom. The molecule has 0 aliphatic carbocycles. The fraction of sp³-hybridized carbons (Fsp3) is 0.360. The van der Waals surface area contributed by atoms with Crippen LogP contribution in [-0.2, 0) is 6.54 Å². The van der Waals surface area contributed by atoms with Crippen LogP contribution in [0.25, 0.3) is 27.7 Å². The smallest absolute Gasteiger partial charge is 0.236 e. The maximum atomic E-state index is 6.30. The first-order chi connectivity index (χ1) is 15.7. The van der Waals surface area contributed by atoms with E-state index >= 15 is 0 Å². The number of nitrogens with zero attached hydrogens (tertiary/aromatic N) is 5. The lowest BCUT2D eigenvalue weighted by Gasteiger charge is -2.32. The first kappa shape index (κ1) is 19.8. The standard InChI is InChI=1S/C25H27ClN6/c1-17-28-29-25-31(24-15-19(26)7-8-23(24)32(17)25)12-4-11-30-13-9-18(10-14-30)21-16-27-22-6-3-2-5-20(21)22/h2-3,5-8,15-16,18,27H,4,9-14H2,1H3. The first-order valence-corrected chi connectivity index (χ1v) is 11.8. The van der Waals surface area contributed by atoms with Gasteiger partial charge in [0.05, 0.1) is 11.0 Å². The summed E-state index contributed by atoms with van der Waals surface area (Å²) in [5.41, 5.74) is 4.98. The van der Waals surface area contributed by atoms with Crippen molar-refractivity contribution in [2.75, 3.05) is 19.6 Å². The third kappa shape index (κ3) is 3.29. The number of fused-ring (bicyclic) bond motifs is 4. The molecule has 1 fully saturated rings. The van der Waals surface area contributed by atoms with Crippen LogP contribution in [0, 0.1) is 6.92 Å². The van der Waals surface area contributed by atoms with Gasteiger partial charge >= 0.3 is 0 Å². The van der Waals surface area contributed by atoms with Crippen LogP contribution in [0.1, 0.15) is 36.6 Å². The summed E-state index contributed by atoms with van der Waals surface area (Å²) in [6, 6.07) is 14.7. The Kier molecular flexibility index (Phi) is 4.92. The molecule has 1 aliphatic heterocycles. The van der Waals surface area contributed by atoms with Crippen LogP contribution in [-0.4, -0.2) is 48.7 Å². The Morgan fingerprint density at radius 3 is 2.75 bits per heavy atom. The molecule has 4 heterocycles. The Morgan fingerprint density at radius 1 is 1.03 bits per heavy atom. The predicted octanol–water partition coefficient (Wildman–Crippen LogP) is 5.40. The molecule has 1 N–H and O–H groups in total. The number of likely N-dealkylation sites (tertiary alicyclic amines) is 1. The first-order valence-electron chi connectivity index (χ1n) is 11.5. The molecule has 0 radical (unpaired) electrons. The fourth-order valence-electron chi connectivity index (χ4n) is 5.39. The van der Waals surface area contributed by atoms with Gasteiger partial charge in [-0.1, -0.05) is 29.8 Å². The summed E-state index contributed by atoms with van der Waals surface area (Å²) in [5, 5.41) is 10.9. The molecule has 0 unspecified atom stereocenters. The maximum absolute atomic E-state index is 6.30. The van der Waals surface area contributed by atoms with E-state index in [1.165, 1.54) is 29.3 Å². The number of piperidine rings is 1. The van der Waals surface area contributed by atoms with E-state index in [1.54, 1.807) is 0 Å². The molecule has 3 aromatic heterocycles. The SMILES string of the molecule is Cc1nnc2n(CCCN3CCC(c4c[nH]c5ccccc45)CC3)c3cc(Cl)ccc3n12. The van der Waals surface area contributed by atoms with Crippen molar-refractivity contribution in [3.05, 3.63) is 65.1 Å². The van der Waals surface area contributed by atoms with Gasteiger partial charge in [-0.3, -0.25) is 4.40 Å². The maximum Gasteiger partial charge on any atom is 0.236 e. The van der Waals surface area contributed by atoms with E-state index in [9.17, 15) is 0 Å². The van der Waals surface area contributed by atoms with Crippen LogP contribution in [0.15, 0.2) is 48.7 Å². The van der Waals surface area contributed by atoms with Crippen molar-refractivity contribution < 1.29 is 0 Å². The predicted molar refractivity (Wildman–Crippen MR) is 130 cm³/mol.